The Kier molecular flexibility index (Phi) is 2.49. The summed E-state index contributed by atoms with van der Waals surface area (Å²) in [5.74, 6) is 5.18. The first kappa shape index (κ1) is 9.05. The molecule has 0 unspecified atom stereocenters. The Hall–Kier alpha value is -2.52. The molecular formula is C12H7N3. The van der Waals surface area contributed by atoms with Crippen LogP contribution in [0, 0.1) is 23.2 Å². The van der Waals surface area contributed by atoms with Crippen molar-refractivity contribution in [1.82, 2.24) is 10.2 Å². The lowest BCUT2D eigenvalue weighted by molar-refractivity contribution is 1.09. The highest BCUT2D eigenvalue weighted by Crippen LogP contribution is 2.19. The molecule has 2 rings (SSSR count). The Morgan fingerprint density at radius 1 is 1.20 bits per heavy atom. The van der Waals surface area contributed by atoms with Crippen molar-refractivity contribution in [2.45, 2.75) is 0 Å². The predicted octanol–water partition coefficient (Wildman–Crippen LogP) is 1.95. The lowest BCUT2D eigenvalue weighted by Crippen LogP contribution is -1.83. The van der Waals surface area contributed by atoms with E-state index in [2.05, 4.69) is 22.0 Å². The van der Waals surface area contributed by atoms with Crippen LogP contribution in [0.15, 0.2) is 36.5 Å². The van der Waals surface area contributed by atoms with Gasteiger partial charge in [-0.25, -0.2) is 0 Å². The van der Waals surface area contributed by atoms with Crippen molar-refractivity contribution in [1.29, 1.82) is 5.26 Å². The normalized spacial score (nSPS) is 8.73. The van der Waals surface area contributed by atoms with Crippen LogP contribution in [0.3, 0.4) is 0 Å². The van der Waals surface area contributed by atoms with Gasteiger partial charge >= 0.3 is 0 Å². The molecule has 0 saturated heterocycles. The first-order valence-corrected chi connectivity index (χ1v) is 4.40. The van der Waals surface area contributed by atoms with E-state index in [9.17, 15) is 0 Å². The average molecular weight is 193 g/mol. The van der Waals surface area contributed by atoms with Crippen molar-refractivity contribution < 1.29 is 0 Å². The van der Waals surface area contributed by atoms with Crippen LogP contribution in [-0.4, -0.2) is 10.2 Å². The minimum Gasteiger partial charge on any atom is -0.278 e. The number of nitrogens with one attached hydrogen (secondary N) is 1. The average Bonchev–Trinajstić information content (AvgIpc) is 2.80. The summed E-state index contributed by atoms with van der Waals surface area (Å²) in [6.07, 6.45) is 1.68. The van der Waals surface area contributed by atoms with E-state index in [1.807, 2.05) is 30.3 Å². The molecule has 0 saturated carbocycles. The molecule has 0 aliphatic heterocycles. The van der Waals surface area contributed by atoms with Crippen LogP contribution in [-0.2, 0) is 0 Å². The zero-order chi connectivity index (χ0) is 10.5. The maximum Gasteiger partial charge on any atom is 0.152 e. The van der Waals surface area contributed by atoms with Crippen LogP contribution in [0.1, 0.15) is 5.56 Å². The Morgan fingerprint density at radius 3 is 2.80 bits per heavy atom. The third-order valence-electron chi connectivity index (χ3n) is 1.97. The van der Waals surface area contributed by atoms with Crippen LogP contribution in [0.5, 0.6) is 0 Å². The SMILES string of the molecule is N#CC#Cc1ccccc1-c1ccn[nH]1. The lowest BCUT2D eigenvalue weighted by atomic mass is 10.1. The van der Waals surface area contributed by atoms with Crippen LogP contribution >= 0.6 is 0 Å². The first-order valence-electron chi connectivity index (χ1n) is 4.40. The second kappa shape index (κ2) is 4.13. The number of nitrogens with zero attached hydrogens (tertiary/aromatic N) is 2. The van der Waals surface area contributed by atoms with Gasteiger partial charge in [0, 0.05) is 23.2 Å². The number of benzene rings is 1. The summed E-state index contributed by atoms with van der Waals surface area (Å²) in [6, 6.07) is 11.3. The van der Waals surface area contributed by atoms with E-state index in [4.69, 9.17) is 5.26 Å². The molecule has 0 atom stereocenters. The maximum atomic E-state index is 8.41. The van der Waals surface area contributed by atoms with Gasteiger partial charge in [0.1, 0.15) is 0 Å². The van der Waals surface area contributed by atoms with Crippen LogP contribution in [0.2, 0.25) is 0 Å². The zero-order valence-corrected chi connectivity index (χ0v) is 7.86. The summed E-state index contributed by atoms with van der Waals surface area (Å²) in [5.41, 5.74) is 2.68. The van der Waals surface area contributed by atoms with Gasteiger partial charge in [-0.3, -0.25) is 5.10 Å². The first-order chi connectivity index (χ1) is 7.42. The molecule has 0 aliphatic rings. The number of nitriles is 1. The third kappa shape index (κ3) is 1.87. The Bertz CT molecular complexity index is 551. The van der Waals surface area contributed by atoms with Gasteiger partial charge in [-0.15, -0.1) is 0 Å². The number of hydrogen-bond donors (Lipinski definition) is 1. The maximum absolute atomic E-state index is 8.41. The molecule has 2 aromatic rings. The molecule has 0 fully saturated rings. The fraction of sp³-hybridized carbons (Fsp3) is 0. The summed E-state index contributed by atoms with van der Waals surface area (Å²) in [6.45, 7) is 0. The van der Waals surface area contributed by atoms with Crippen LogP contribution in [0.4, 0.5) is 0 Å². The molecule has 1 heterocycles. The van der Waals surface area contributed by atoms with Crippen molar-refractivity contribution in [2.75, 3.05) is 0 Å². The molecule has 0 aliphatic carbocycles. The zero-order valence-electron chi connectivity index (χ0n) is 7.86. The fourth-order valence-electron chi connectivity index (χ4n) is 1.33. The van der Waals surface area contributed by atoms with E-state index in [0.29, 0.717) is 0 Å². The Labute approximate surface area is 87.4 Å². The van der Waals surface area contributed by atoms with Crippen molar-refractivity contribution in [3.8, 4) is 29.2 Å². The van der Waals surface area contributed by atoms with Crippen molar-refractivity contribution >= 4 is 0 Å². The largest absolute Gasteiger partial charge is 0.278 e. The van der Waals surface area contributed by atoms with Gasteiger partial charge in [0.15, 0.2) is 6.07 Å². The molecule has 70 valence electrons. The molecule has 0 amide bonds. The monoisotopic (exact) mass is 193 g/mol. The van der Waals surface area contributed by atoms with Gasteiger partial charge in [0.25, 0.3) is 0 Å². The highest BCUT2D eigenvalue weighted by atomic mass is 15.1. The molecular weight excluding hydrogens is 186 g/mol. The molecule has 1 aromatic carbocycles. The molecule has 0 spiro atoms. The summed E-state index contributed by atoms with van der Waals surface area (Å²) in [4.78, 5) is 0. The summed E-state index contributed by atoms with van der Waals surface area (Å²) in [5, 5.41) is 15.2. The fourth-order valence-corrected chi connectivity index (χ4v) is 1.33. The van der Waals surface area contributed by atoms with Crippen molar-refractivity contribution in [3.63, 3.8) is 0 Å². The van der Waals surface area contributed by atoms with E-state index < -0.39 is 0 Å². The molecule has 0 bridgehead atoms. The van der Waals surface area contributed by atoms with Gasteiger partial charge in [-0.05, 0) is 12.1 Å². The van der Waals surface area contributed by atoms with E-state index in [-0.39, 0.29) is 0 Å². The third-order valence-corrected chi connectivity index (χ3v) is 1.97. The quantitative estimate of drug-likeness (QED) is 0.704. The van der Waals surface area contributed by atoms with Gasteiger partial charge in [-0.1, -0.05) is 24.1 Å². The van der Waals surface area contributed by atoms with E-state index in [1.165, 1.54) is 0 Å². The smallest absolute Gasteiger partial charge is 0.152 e. The van der Waals surface area contributed by atoms with E-state index in [1.54, 1.807) is 12.3 Å². The minimum absolute atomic E-state index is 0.823. The highest BCUT2D eigenvalue weighted by molar-refractivity contribution is 5.68. The summed E-state index contributed by atoms with van der Waals surface area (Å²) in [7, 11) is 0. The van der Waals surface area contributed by atoms with E-state index in [0.717, 1.165) is 16.8 Å². The molecule has 1 aromatic heterocycles. The second-order valence-corrected chi connectivity index (χ2v) is 2.88. The summed E-state index contributed by atoms with van der Waals surface area (Å²) < 4.78 is 0. The number of rotatable bonds is 1. The predicted molar refractivity (Wildman–Crippen MR) is 56.5 cm³/mol. The van der Waals surface area contributed by atoms with Crippen LogP contribution in [0.25, 0.3) is 11.3 Å². The molecule has 3 nitrogen and oxygen atoms in total. The van der Waals surface area contributed by atoms with Gasteiger partial charge in [0.05, 0.1) is 5.69 Å². The minimum atomic E-state index is 0.823. The molecule has 3 heteroatoms. The van der Waals surface area contributed by atoms with E-state index >= 15 is 0 Å². The Morgan fingerprint density at radius 2 is 2.07 bits per heavy atom. The summed E-state index contributed by atoms with van der Waals surface area (Å²) >= 11 is 0. The topological polar surface area (TPSA) is 52.5 Å². The standard InChI is InChI=1S/C12H7N3/c13-8-3-5-10-4-1-2-6-11(10)12-7-9-14-15-12/h1-2,4,6-7,9H,(H,14,15). The molecule has 0 radical (unpaired) electrons. The van der Waals surface area contributed by atoms with Gasteiger partial charge in [0.2, 0.25) is 0 Å². The van der Waals surface area contributed by atoms with Gasteiger partial charge < -0.3 is 0 Å². The number of aromatic amines is 1. The molecule has 15 heavy (non-hydrogen) atoms. The number of H-pyrrole nitrogens is 1. The van der Waals surface area contributed by atoms with Crippen LogP contribution < -0.4 is 0 Å². The Balaban J connectivity index is 2.53. The van der Waals surface area contributed by atoms with Crippen molar-refractivity contribution in [3.05, 3.63) is 42.1 Å². The molecule has 1 N–H and O–H groups in total. The number of aromatic nitrogens is 2. The van der Waals surface area contributed by atoms with Gasteiger partial charge in [-0.2, -0.15) is 10.4 Å². The van der Waals surface area contributed by atoms with Crippen molar-refractivity contribution in [2.24, 2.45) is 0 Å². The highest BCUT2D eigenvalue weighted by Gasteiger charge is 2.02. The second-order valence-electron chi connectivity index (χ2n) is 2.88. The number of hydrogen-bond acceptors (Lipinski definition) is 2. The lowest BCUT2D eigenvalue weighted by Gasteiger charge is -1.99.